The van der Waals surface area contributed by atoms with Gasteiger partial charge < -0.3 is 21.7 Å². The van der Waals surface area contributed by atoms with E-state index in [0.29, 0.717) is 24.3 Å². The third-order valence-corrected chi connectivity index (χ3v) is 4.82. The van der Waals surface area contributed by atoms with Crippen molar-refractivity contribution in [1.29, 1.82) is 0 Å². The minimum absolute atomic E-state index is 0.358. The smallest absolute Gasteiger partial charge is 0.420 e. The number of benzene rings is 3. The van der Waals surface area contributed by atoms with Crippen LogP contribution < -0.4 is 11.5 Å². The lowest BCUT2D eigenvalue weighted by Gasteiger charge is -2.17. The monoisotopic (exact) mass is 496 g/mol. The predicted octanol–water partition coefficient (Wildman–Crippen LogP) is 6.65. The molecule has 3 aromatic rings. The first kappa shape index (κ1) is 24.9. The first-order valence-electron chi connectivity index (χ1n) is 9.02. The van der Waals surface area contributed by atoms with Crippen LogP contribution in [0, 0.1) is 0 Å². The molecule has 0 aliphatic heterocycles. The van der Waals surface area contributed by atoms with Crippen LogP contribution in [0.5, 0.6) is 11.5 Å². The van der Waals surface area contributed by atoms with Crippen molar-refractivity contribution in [2.45, 2.75) is 18.5 Å². The number of anilines is 2. The highest BCUT2D eigenvalue weighted by Crippen LogP contribution is 2.45. The summed E-state index contributed by atoms with van der Waals surface area (Å²) in [5, 5.41) is 19.2. The number of rotatable bonds is 2. The van der Waals surface area contributed by atoms with Crippen molar-refractivity contribution in [1.82, 2.24) is 0 Å². The van der Waals surface area contributed by atoms with Crippen LogP contribution in [0.2, 0.25) is 0 Å². The van der Waals surface area contributed by atoms with Crippen LogP contribution in [0.4, 0.5) is 50.9 Å². The largest absolute Gasteiger partial charge is 0.505 e. The number of hydrogen-bond donors (Lipinski definition) is 4. The highest BCUT2D eigenvalue weighted by atomic mass is 19.4. The fourth-order valence-electron chi connectivity index (χ4n) is 3.20. The van der Waals surface area contributed by atoms with E-state index in [0.717, 1.165) is 18.2 Å². The summed E-state index contributed by atoms with van der Waals surface area (Å²) in [4.78, 5) is 0. The third kappa shape index (κ3) is 4.77. The Balaban J connectivity index is 2.33. The highest BCUT2D eigenvalue weighted by molar-refractivity contribution is 5.80. The van der Waals surface area contributed by atoms with Crippen LogP contribution >= 0.6 is 0 Å². The molecule has 0 aliphatic rings. The van der Waals surface area contributed by atoms with Crippen molar-refractivity contribution in [2.75, 3.05) is 11.5 Å². The second-order valence-corrected chi connectivity index (χ2v) is 7.22. The Bertz CT molecular complexity index is 1180. The van der Waals surface area contributed by atoms with E-state index in [1.54, 1.807) is 0 Å². The lowest BCUT2D eigenvalue weighted by molar-refractivity contribution is -0.139. The molecule has 0 saturated heterocycles. The van der Waals surface area contributed by atoms with E-state index >= 15 is 0 Å². The Morgan fingerprint density at radius 3 is 1.09 bits per heavy atom. The molecule has 0 radical (unpaired) electrons. The molecule has 0 aromatic heterocycles. The van der Waals surface area contributed by atoms with Gasteiger partial charge in [0.05, 0.1) is 28.1 Å². The van der Waals surface area contributed by atoms with Crippen molar-refractivity contribution in [3.05, 3.63) is 59.2 Å². The molecule has 0 saturated carbocycles. The summed E-state index contributed by atoms with van der Waals surface area (Å²) >= 11 is 0. The molecule has 34 heavy (non-hydrogen) atoms. The Kier molecular flexibility index (Phi) is 5.79. The molecule has 182 valence electrons. The van der Waals surface area contributed by atoms with E-state index in [-0.39, 0.29) is 0 Å². The first-order chi connectivity index (χ1) is 15.4. The van der Waals surface area contributed by atoms with Gasteiger partial charge in [-0.2, -0.15) is 39.5 Å². The van der Waals surface area contributed by atoms with Crippen molar-refractivity contribution in [3.8, 4) is 33.8 Å². The Labute approximate surface area is 184 Å². The van der Waals surface area contributed by atoms with E-state index < -0.39 is 80.3 Å². The number of nitrogens with two attached hydrogens (primary N) is 2. The lowest BCUT2D eigenvalue weighted by Crippen LogP contribution is -2.08. The molecule has 3 rings (SSSR count). The van der Waals surface area contributed by atoms with Crippen molar-refractivity contribution < 1.29 is 49.7 Å². The van der Waals surface area contributed by atoms with Gasteiger partial charge in [-0.15, -0.1) is 0 Å². The van der Waals surface area contributed by atoms with Gasteiger partial charge in [0.15, 0.2) is 11.5 Å². The van der Waals surface area contributed by atoms with Gasteiger partial charge in [0.2, 0.25) is 0 Å². The van der Waals surface area contributed by atoms with E-state index in [1.165, 1.54) is 0 Å². The summed E-state index contributed by atoms with van der Waals surface area (Å²) in [5.41, 5.74) is 2.66. The molecule has 0 atom stereocenters. The van der Waals surface area contributed by atoms with Gasteiger partial charge in [0.1, 0.15) is 0 Å². The summed E-state index contributed by atoms with van der Waals surface area (Å²) in [7, 11) is 0. The molecule has 3 aromatic carbocycles. The average molecular weight is 496 g/mol. The normalized spacial score (nSPS) is 12.7. The Morgan fingerprint density at radius 2 is 0.794 bits per heavy atom. The van der Waals surface area contributed by atoms with Gasteiger partial charge in [0.25, 0.3) is 0 Å². The number of alkyl halides is 9. The van der Waals surface area contributed by atoms with E-state index in [4.69, 9.17) is 11.5 Å². The second-order valence-electron chi connectivity index (χ2n) is 7.22. The van der Waals surface area contributed by atoms with Crippen LogP contribution in [0.15, 0.2) is 42.5 Å². The summed E-state index contributed by atoms with van der Waals surface area (Å²) in [6.45, 7) is 0. The molecular formula is C21H13F9N2O2. The summed E-state index contributed by atoms with van der Waals surface area (Å²) in [6.07, 6.45) is -15.2. The molecular weight excluding hydrogens is 483 g/mol. The average Bonchev–Trinajstić information content (AvgIpc) is 2.69. The van der Waals surface area contributed by atoms with Gasteiger partial charge in [-0.25, -0.2) is 0 Å². The molecule has 13 heteroatoms. The fourth-order valence-corrected chi connectivity index (χ4v) is 3.20. The maximum absolute atomic E-state index is 13.5. The Morgan fingerprint density at radius 1 is 0.471 bits per heavy atom. The zero-order chi connectivity index (χ0) is 25.8. The maximum atomic E-state index is 13.5. The number of halogens is 9. The standard InChI is InChI=1S/C21H13F9N2O2/c22-19(23,24)12-2-8(10-4-13(20(25,26)27)17(33)15(31)6-10)1-9(3-12)11-5-14(21(28,29)30)18(34)16(32)7-11/h1-7,33-34H,31-32H2. The number of aromatic hydroxyl groups is 2. The number of hydrogen-bond acceptors (Lipinski definition) is 4. The minimum Gasteiger partial charge on any atom is -0.505 e. The lowest BCUT2D eigenvalue weighted by atomic mass is 9.93. The van der Waals surface area contributed by atoms with Crippen molar-refractivity contribution in [3.63, 3.8) is 0 Å². The fraction of sp³-hybridized carbons (Fsp3) is 0.143. The third-order valence-electron chi connectivity index (χ3n) is 4.82. The Hall–Kier alpha value is -3.77. The molecule has 6 N–H and O–H groups in total. The van der Waals surface area contributed by atoms with Crippen LogP contribution in [-0.4, -0.2) is 10.2 Å². The summed E-state index contributed by atoms with van der Waals surface area (Å²) in [6, 6.07) is 4.14. The van der Waals surface area contributed by atoms with E-state index in [9.17, 15) is 49.7 Å². The molecule has 4 nitrogen and oxygen atoms in total. The van der Waals surface area contributed by atoms with Crippen molar-refractivity contribution in [2.24, 2.45) is 0 Å². The van der Waals surface area contributed by atoms with Crippen molar-refractivity contribution >= 4 is 11.4 Å². The maximum Gasteiger partial charge on any atom is 0.420 e. The molecule has 0 bridgehead atoms. The zero-order valence-corrected chi connectivity index (χ0v) is 16.5. The predicted molar refractivity (Wildman–Crippen MR) is 104 cm³/mol. The van der Waals surface area contributed by atoms with Crippen LogP contribution in [0.25, 0.3) is 22.3 Å². The van der Waals surface area contributed by atoms with E-state index in [1.807, 2.05) is 0 Å². The summed E-state index contributed by atoms with van der Waals surface area (Å²) < 4.78 is 120. The van der Waals surface area contributed by atoms with Gasteiger partial charge in [-0.3, -0.25) is 0 Å². The van der Waals surface area contributed by atoms with Crippen LogP contribution in [0.3, 0.4) is 0 Å². The van der Waals surface area contributed by atoms with Gasteiger partial charge >= 0.3 is 18.5 Å². The summed E-state index contributed by atoms with van der Waals surface area (Å²) in [5.74, 6) is -2.66. The van der Waals surface area contributed by atoms with Gasteiger partial charge in [-0.1, -0.05) is 0 Å². The molecule has 0 amide bonds. The minimum atomic E-state index is -5.11. The van der Waals surface area contributed by atoms with Gasteiger partial charge in [0, 0.05) is 0 Å². The molecule has 0 aliphatic carbocycles. The van der Waals surface area contributed by atoms with E-state index in [2.05, 4.69) is 0 Å². The molecule has 0 spiro atoms. The second kappa shape index (κ2) is 7.92. The zero-order valence-electron chi connectivity index (χ0n) is 16.5. The highest BCUT2D eigenvalue weighted by Gasteiger charge is 2.37. The molecule has 0 fully saturated rings. The molecule has 0 heterocycles. The number of phenolic OH excluding ortho intramolecular Hbond substituents is 2. The number of nitrogen functional groups attached to an aromatic ring is 2. The van der Waals surface area contributed by atoms with Crippen LogP contribution in [0.1, 0.15) is 16.7 Å². The molecule has 0 unspecified atom stereocenters. The number of phenols is 2. The van der Waals surface area contributed by atoms with Gasteiger partial charge in [-0.05, 0) is 64.7 Å². The SMILES string of the molecule is Nc1cc(-c2cc(-c3cc(N)c(O)c(C(F)(F)F)c3)cc(C(F)(F)F)c2)cc(C(F)(F)F)c1O. The topological polar surface area (TPSA) is 92.5 Å². The first-order valence-corrected chi connectivity index (χ1v) is 9.02. The quantitative estimate of drug-likeness (QED) is 0.182. The van der Waals surface area contributed by atoms with Crippen LogP contribution in [-0.2, 0) is 18.5 Å².